The number of anilines is 1. The Balaban J connectivity index is 0.000000454. The van der Waals surface area contributed by atoms with E-state index >= 15 is 0 Å². The van der Waals surface area contributed by atoms with Crippen LogP contribution < -0.4 is 11.1 Å². The molecule has 0 bridgehead atoms. The number of carboxylic acids is 1. The van der Waals surface area contributed by atoms with Gasteiger partial charge in [-0.15, -0.1) is 0 Å². The molecular formula is C23H23BrF3N5O4. The number of carbonyl (C=O) groups is 3. The van der Waals surface area contributed by atoms with Crippen LogP contribution in [0.4, 0.5) is 18.9 Å². The normalized spacial score (nSPS) is 16.2. The summed E-state index contributed by atoms with van der Waals surface area (Å²) in [5.74, 6) is -3.18. The fraction of sp³-hybridized carbons (Fsp3) is 0.304. The van der Waals surface area contributed by atoms with Crippen molar-refractivity contribution in [3.63, 3.8) is 0 Å². The van der Waals surface area contributed by atoms with Crippen molar-refractivity contribution in [1.82, 2.24) is 15.1 Å². The molecule has 1 aliphatic heterocycles. The van der Waals surface area contributed by atoms with Gasteiger partial charge in [-0.25, -0.2) is 4.79 Å². The first-order valence-electron chi connectivity index (χ1n) is 10.8. The maximum absolute atomic E-state index is 12.7. The zero-order valence-electron chi connectivity index (χ0n) is 18.8. The number of aromatic amines is 1. The number of amides is 2. The lowest BCUT2D eigenvalue weighted by Gasteiger charge is -2.21. The third kappa shape index (κ3) is 7.28. The first-order chi connectivity index (χ1) is 16.9. The molecule has 13 heteroatoms. The molecule has 36 heavy (non-hydrogen) atoms. The molecular weight excluding hydrogens is 547 g/mol. The molecule has 3 aromatic rings. The number of nitrogens with two attached hydrogens (primary N) is 1. The standard InChI is InChI=1S/C21H22BrN5O2.C2HF3O2/c22-16-3-1-13(2-4-16)9-18(23)21(29)27-8-7-14(12-27)20(28)25-17-5-6-19-15(10-17)11-24-26-19;3-2(4,5)1(6)7/h1-6,10-11,14,18H,7-9,12,23H2,(H,24,26)(H,25,28);(H,6,7)/t14-,18-;/m1./s1. The van der Waals surface area contributed by atoms with Crippen molar-refractivity contribution >= 4 is 50.3 Å². The molecule has 1 fully saturated rings. The summed E-state index contributed by atoms with van der Waals surface area (Å²) in [6, 6.07) is 12.8. The largest absolute Gasteiger partial charge is 0.490 e. The summed E-state index contributed by atoms with van der Waals surface area (Å²) >= 11 is 3.40. The van der Waals surface area contributed by atoms with Gasteiger partial charge in [-0.2, -0.15) is 18.3 Å². The third-order valence-corrected chi connectivity index (χ3v) is 6.04. The molecule has 1 aliphatic rings. The van der Waals surface area contributed by atoms with Gasteiger partial charge < -0.3 is 21.1 Å². The quantitative estimate of drug-likeness (QED) is 0.371. The van der Waals surface area contributed by atoms with Crippen molar-refractivity contribution in [3.05, 3.63) is 58.7 Å². The number of aromatic nitrogens is 2. The monoisotopic (exact) mass is 569 g/mol. The summed E-state index contributed by atoms with van der Waals surface area (Å²) in [6.45, 7) is 0.943. The summed E-state index contributed by atoms with van der Waals surface area (Å²) < 4.78 is 32.7. The summed E-state index contributed by atoms with van der Waals surface area (Å²) in [5, 5.41) is 17.9. The lowest BCUT2D eigenvalue weighted by molar-refractivity contribution is -0.192. The highest BCUT2D eigenvalue weighted by molar-refractivity contribution is 9.10. The number of rotatable bonds is 5. The number of hydrogen-bond donors (Lipinski definition) is 4. The number of nitrogens with one attached hydrogen (secondary N) is 2. The van der Waals surface area contributed by atoms with Crippen LogP contribution in [0.1, 0.15) is 12.0 Å². The first kappa shape index (κ1) is 27.1. The van der Waals surface area contributed by atoms with Gasteiger partial charge in [0.05, 0.1) is 23.7 Å². The molecule has 2 atom stereocenters. The lowest BCUT2D eigenvalue weighted by Crippen LogP contribution is -2.44. The van der Waals surface area contributed by atoms with E-state index in [1.165, 1.54) is 0 Å². The number of likely N-dealkylation sites (tertiary alicyclic amines) is 1. The number of alkyl halides is 3. The lowest BCUT2D eigenvalue weighted by atomic mass is 10.1. The van der Waals surface area contributed by atoms with Crippen LogP contribution >= 0.6 is 15.9 Å². The minimum atomic E-state index is -5.08. The van der Waals surface area contributed by atoms with Gasteiger partial charge in [0.25, 0.3) is 0 Å². The van der Waals surface area contributed by atoms with Gasteiger partial charge in [-0.05, 0) is 48.7 Å². The zero-order valence-corrected chi connectivity index (χ0v) is 20.3. The van der Waals surface area contributed by atoms with Crippen molar-refractivity contribution in [2.75, 3.05) is 18.4 Å². The molecule has 0 unspecified atom stereocenters. The van der Waals surface area contributed by atoms with E-state index in [4.69, 9.17) is 15.6 Å². The van der Waals surface area contributed by atoms with Gasteiger partial charge in [-0.1, -0.05) is 28.1 Å². The van der Waals surface area contributed by atoms with Crippen LogP contribution in [-0.4, -0.2) is 63.3 Å². The minimum Gasteiger partial charge on any atom is -0.475 e. The fourth-order valence-corrected chi connectivity index (χ4v) is 3.90. The van der Waals surface area contributed by atoms with Crippen LogP contribution in [-0.2, 0) is 20.8 Å². The van der Waals surface area contributed by atoms with Gasteiger partial charge in [-0.3, -0.25) is 14.7 Å². The second-order valence-electron chi connectivity index (χ2n) is 8.17. The molecule has 0 saturated carbocycles. The van der Waals surface area contributed by atoms with Gasteiger partial charge >= 0.3 is 12.1 Å². The molecule has 2 heterocycles. The van der Waals surface area contributed by atoms with E-state index in [1.54, 1.807) is 11.1 Å². The van der Waals surface area contributed by atoms with Crippen LogP contribution in [0, 0.1) is 5.92 Å². The Morgan fingerprint density at radius 3 is 2.53 bits per heavy atom. The average Bonchev–Trinajstić information content (AvgIpc) is 3.49. The van der Waals surface area contributed by atoms with E-state index in [2.05, 4.69) is 31.4 Å². The number of halogens is 4. The molecule has 192 valence electrons. The van der Waals surface area contributed by atoms with Gasteiger partial charge in [0, 0.05) is 28.6 Å². The van der Waals surface area contributed by atoms with Crippen molar-refractivity contribution < 1.29 is 32.7 Å². The van der Waals surface area contributed by atoms with Gasteiger partial charge in [0.2, 0.25) is 11.8 Å². The molecule has 0 radical (unpaired) electrons. The predicted molar refractivity (Wildman–Crippen MR) is 129 cm³/mol. The molecule has 2 amide bonds. The van der Waals surface area contributed by atoms with Gasteiger partial charge in [0.1, 0.15) is 0 Å². The second-order valence-corrected chi connectivity index (χ2v) is 9.09. The van der Waals surface area contributed by atoms with E-state index in [0.717, 1.165) is 26.6 Å². The van der Waals surface area contributed by atoms with Crippen molar-refractivity contribution in [3.8, 4) is 0 Å². The highest BCUT2D eigenvalue weighted by atomic mass is 79.9. The number of hydrogen-bond acceptors (Lipinski definition) is 5. The average molecular weight is 570 g/mol. The number of carboxylic acid groups (broad SMARTS) is 1. The van der Waals surface area contributed by atoms with Crippen molar-refractivity contribution in [2.24, 2.45) is 11.7 Å². The molecule has 9 nitrogen and oxygen atoms in total. The van der Waals surface area contributed by atoms with Crippen molar-refractivity contribution in [2.45, 2.75) is 25.1 Å². The Labute approximate surface area is 212 Å². The van der Waals surface area contributed by atoms with Crippen LogP contribution in [0.5, 0.6) is 0 Å². The summed E-state index contributed by atoms with van der Waals surface area (Å²) in [7, 11) is 0. The number of nitrogens with zero attached hydrogens (tertiary/aromatic N) is 2. The topological polar surface area (TPSA) is 141 Å². The maximum Gasteiger partial charge on any atom is 0.490 e. The summed E-state index contributed by atoms with van der Waals surface area (Å²) in [4.78, 5) is 35.9. The fourth-order valence-electron chi connectivity index (χ4n) is 3.64. The molecule has 0 spiro atoms. The van der Waals surface area contributed by atoms with E-state index in [-0.39, 0.29) is 17.7 Å². The van der Waals surface area contributed by atoms with Crippen LogP contribution in [0.2, 0.25) is 0 Å². The van der Waals surface area contributed by atoms with Crippen molar-refractivity contribution in [1.29, 1.82) is 0 Å². The number of H-pyrrole nitrogens is 1. The smallest absolute Gasteiger partial charge is 0.475 e. The van der Waals surface area contributed by atoms with Crippen LogP contribution in [0.15, 0.2) is 53.1 Å². The van der Waals surface area contributed by atoms with Crippen LogP contribution in [0.25, 0.3) is 10.9 Å². The second kappa shape index (κ2) is 11.5. The molecule has 1 saturated heterocycles. The molecule has 2 aromatic carbocycles. The summed E-state index contributed by atoms with van der Waals surface area (Å²) in [6.07, 6.45) is -2.26. The SMILES string of the molecule is N[C@H](Cc1ccc(Br)cc1)C(=O)N1CC[C@@H](C(=O)Nc2ccc3[nH]ncc3c2)C1.O=C(O)C(F)(F)F. The number of fused-ring (bicyclic) bond motifs is 1. The maximum atomic E-state index is 12.7. The van der Waals surface area contributed by atoms with E-state index in [0.29, 0.717) is 25.9 Å². The zero-order chi connectivity index (χ0) is 26.5. The number of carbonyl (C=O) groups excluding carboxylic acids is 2. The Kier molecular flexibility index (Phi) is 8.69. The van der Waals surface area contributed by atoms with E-state index in [9.17, 15) is 22.8 Å². The van der Waals surface area contributed by atoms with Crippen LogP contribution in [0.3, 0.4) is 0 Å². The predicted octanol–water partition coefficient (Wildman–Crippen LogP) is 3.32. The Hall–Kier alpha value is -3.45. The Morgan fingerprint density at radius 1 is 1.22 bits per heavy atom. The summed E-state index contributed by atoms with van der Waals surface area (Å²) in [5.41, 5.74) is 8.79. The first-order valence-corrected chi connectivity index (χ1v) is 11.6. The highest BCUT2D eigenvalue weighted by Gasteiger charge is 2.38. The number of benzene rings is 2. The van der Waals surface area contributed by atoms with Gasteiger partial charge in [0.15, 0.2) is 0 Å². The molecule has 0 aliphatic carbocycles. The third-order valence-electron chi connectivity index (χ3n) is 5.51. The van der Waals surface area contributed by atoms with E-state index in [1.807, 2.05) is 42.5 Å². The molecule has 5 N–H and O–H groups in total. The Bertz CT molecular complexity index is 1230. The number of aliphatic carboxylic acids is 1. The highest BCUT2D eigenvalue weighted by Crippen LogP contribution is 2.22. The van der Waals surface area contributed by atoms with E-state index < -0.39 is 18.2 Å². The minimum absolute atomic E-state index is 0.0791. The molecule has 1 aromatic heterocycles. The molecule has 4 rings (SSSR count). The Morgan fingerprint density at radius 2 is 1.89 bits per heavy atom.